The van der Waals surface area contributed by atoms with Crippen LogP contribution in [0.4, 0.5) is 10.1 Å². The highest BCUT2D eigenvalue weighted by Crippen LogP contribution is 2.25. The van der Waals surface area contributed by atoms with Crippen molar-refractivity contribution < 1.29 is 19.1 Å². The molecule has 6 nitrogen and oxygen atoms in total. The number of hydrogen-bond donors (Lipinski definition) is 2. The van der Waals surface area contributed by atoms with Crippen LogP contribution in [0, 0.1) is 5.82 Å². The lowest BCUT2D eigenvalue weighted by Crippen LogP contribution is -2.29. The molecule has 0 aliphatic rings. The second kappa shape index (κ2) is 8.08. The van der Waals surface area contributed by atoms with Crippen LogP contribution in [-0.2, 0) is 6.61 Å². The maximum atomic E-state index is 13.5. The van der Waals surface area contributed by atoms with Gasteiger partial charge < -0.3 is 15.3 Å². The van der Waals surface area contributed by atoms with Gasteiger partial charge in [-0.1, -0.05) is 54.6 Å². The molecule has 0 fully saturated rings. The van der Waals surface area contributed by atoms with E-state index < -0.39 is 23.2 Å². The topological polar surface area (TPSA) is 80.6 Å². The minimum atomic E-state index is -0.702. The van der Waals surface area contributed by atoms with Crippen LogP contribution in [0.3, 0.4) is 0 Å². The van der Waals surface area contributed by atoms with Crippen LogP contribution in [0.15, 0.2) is 83.7 Å². The second-order valence-electron chi connectivity index (χ2n) is 6.57. The molecular weight excluding hydrogens is 387 g/mol. The summed E-state index contributed by atoms with van der Waals surface area (Å²) in [5.74, 6) is -1.85. The first-order valence-corrected chi connectivity index (χ1v) is 9.15. The van der Waals surface area contributed by atoms with Crippen LogP contribution in [-0.4, -0.2) is 15.7 Å². The molecule has 0 bridgehead atoms. The van der Waals surface area contributed by atoms with Crippen LogP contribution < -0.4 is 15.7 Å². The van der Waals surface area contributed by atoms with E-state index in [0.29, 0.717) is 4.73 Å². The monoisotopic (exact) mass is 404 g/mol. The molecule has 1 heterocycles. The Morgan fingerprint density at radius 3 is 2.40 bits per heavy atom. The molecule has 0 radical (unpaired) electrons. The molecule has 0 saturated heterocycles. The molecule has 7 heteroatoms. The molecule has 0 aliphatic heterocycles. The number of halogens is 1. The van der Waals surface area contributed by atoms with Crippen LogP contribution in [0.5, 0.6) is 5.88 Å². The van der Waals surface area contributed by atoms with E-state index in [9.17, 15) is 19.1 Å². The minimum absolute atomic E-state index is 0.0115. The first-order chi connectivity index (χ1) is 14.5. The standard InChI is InChI=1S/C23H17FN2O4/c24-16-9-6-10-17(13-16)25-21(27)20-18-11-4-5-12-19(18)22(28)26(23(20)29)30-14-15-7-2-1-3-8-15/h1-13,29H,14H2,(H,25,27). The SMILES string of the molecule is O=C(Nc1cccc(F)c1)c1c(O)n(OCc2ccccc2)c(=O)c2ccccc12. The third-order valence-corrected chi connectivity index (χ3v) is 4.54. The summed E-state index contributed by atoms with van der Waals surface area (Å²) in [6.07, 6.45) is 0. The highest BCUT2D eigenvalue weighted by molar-refractivity contribution is 6.14. The Labute approximate surface area is 170 Å². The average molecular weight is 404 g/mol. The number of carbonyl (C=O) groups is 1. The molecule has 30 heavy (non-hydrogen) atoms. The first-order valence-electron chi connectivity index (χ1n) is 9.15. The Balaban J connectivity index is 1.78. The molecule has 0 saturated carbocycles. The van der Waals surface area contributed by atoms with E-state index in [0.717, 1.165) is 11.6 Å². The zero-order chi connectivity index (χ0) is 21.1. The molecule has 3 aromatic carbocycles. The van der Waals surface area contributed by atoms with Crippen LogP contribution >= 0.6 is 0 Å². The van der Waals surface area contributed by atoms with Crippen molar-refractivity contribution in [3.05, 3.63) is 106 Å². The Bertz CT molecular complexity index is 1290. The summed E-state index contributed by atoms with van der Waals surface area (Å²) in [5.41, 5.74) is 0.248. The zero-order valence-electron chi connectivity index (χ0n) is 15.7. The van der Waals surface area contributed by atoms with Gasteiger partial charge in [0.2, 0.25) is 5.88 Å². The molecular formula is C23H17FN2O4. The third kappa shape index (κ3) is 3.73. The normalized spacial score (nSPS) is 10.7. The first kappa shape index (κ1) is 19.2. The summed E-state index contributed by atoms with van der Waals surface area (Å²) < 4.78 is 14.2. The maximum Gasteiger partial charge on any atom is 0.294 e. The van der Waals surface area contributed by atoms with Gasteiger partial charge in [0, 0.05) is 11.1 Å². The largest absolute Gasteiger partial charge is 0.492 e. The number of fused-ring (bicyclic) bond motifs is 1. The molecule has 0 atom stereocenters. The molecule has 4 aromatic rings. The van der Waals surface area contributed by atoms with Crippen molar-refractivity contribution >= 4 is 22.4 Å². The Morgan fingerprint density at radius 2 is 1.67 bits per heavy atom. The summed E-state index contributed by atoms with van der Waals surface area (Å²) >= 11 is 0. The molecule has 1 amide bonds. The van der Waals surface area contributed by atoms with E-state index in [-0.39, 0.29) is 28.6 Å². The number of anilines is 1. The molecule has 2 N–H and O–H groups in total. The van der Waals surface area contributed by atoms with E-state index in [4.69, 9.17) is 4.84 Å². The van der Waals surface area contributed by atoms with Gasteiger partial charge in [0.15, 0.2) is 0 Å². The van der Waals surface area contributed by atoms with Crippen molar-refractivity contribution in [2.75, 3.05) is 5.32 Å². The lowest BCUT2D eigenvalue weighted by molar-refractivity contribution is 0.0705. The quantitative estimate of drug-likeness (QED) is 0.531. The molecule has 0 aliphatic carbocycles. The Hall–Kier alpha value is -4.13. The van der Waals surface area contributed by atoms with Crippen molar-refractivity contribution in [1.82, 2.24) is 4.73 Å². The summed E-state index contributed by atoms with van der Waals surface area (Å²) in [4.78, 5) is 31.3. The van der Waals surface area contributed by atoms with Gasteiger partial charge in [-0.05, 0) is 29.8 Å². The summed E-state index contributed by atoms with van der Waals surface area (Å²) in [6, 6.07) is 20.9. The number of aromatic hydroxyl groups is 1. The van der Waals surface area contributed by atoms with Gasteiger partial charge in [0.05, 0.1) is 5.39 Å². The zero-order valence-corrected chi connectivity index (χ0v) is 15.7. The molecule has 150 valence electrons. The summed E-state index contributed by atoms with van der Waals surface area (Å²) in [6.45, 7) is 0.0115. The molecule has 0 unspecified atom stereocenters. The number of aromatic nitrogens is 1. The van der Waals surface area contributed by atoms with Crippen molar-refractivity contribution in [2.24, 2.45) is 0 Å². The predicted molar refractivity (Wildman–Crippen MR) is 111 cm³/mol. The van der Waals surface area contributed by atoms with E-state index in [1.807, 2.05) is 18.2 Å². The van der Waals surface area contributed by atoms with E-state index >= 15 is 0 Å². The highest BCUT2D eigenvalue weighted by atomic mass is 19.1. The van der Waals surface area contributed by atoms with Gasteiger partial charge in [-0.3, -0.25) is 9.59 Å². The van der Waals surface area contributed by atoms with Gasteiger partial charge >= 0.3 is 0 Å². The molecule has 4 rings (SSSR count). The Kier molecular flexibility index (Phi) is 5.17. The van der Waals surface area contributed by atoms with Gasteiger partial charge in [-0.2, -0.15) is 0 Å². The lowest BCUT2D eigenvalue weighted by Gasteiger charge is -2.16. The van der Waals surface area contributed by atoms with Crippen LogP contribution in [0.25, 0.3) is 10.8 Å². The van der Waals surface area contributed by atoms with Crippen molar-refractivity contribution in [1.29, 1.82) is 0 Å². The van der Waals surface area contributed by atoms with E-state index in [2.05, 4.69) is 5.32 Å². The van der Waals surface area contributed by atoms with Crippen molar-refractivity contribution in [3.63, 3.8) is 0 Å². The fraction of sp³-hybridized carbons (Fsp3) is 0.0435. The number of rotatable bonds is 5. The lowest BCUT2D eigenvalue weighted by atomic mass is 10.1. The number of nitrogens with one attached hydrogen (secondary N) is 1. The molecule has 1 aromatic heterocycles. The van der Waals surface area contributed by atoms with Gasteiger partial charge in [-0.15, -0.1) is 4.73 Å². The number of amides is 1. The fourth-order valence-corrected chi connectivity index (χ4v) is 3.13. The number of carbonyl (C=O) groups excluding carboxylic acids is 1. The second-order valence-corrected chi connectivity index (χ2v) is 6.57. The van der Waals surface area contributed by atoms with Gasteiger partial charge in [-0.25, -0.2) is 4.39 Å². The minimum Gasteiger partial charge on any atom is -0.492 e. The summed E-state index contributed by atoms with van der Waals surface area (Å²) in [5, 5.41) is 13.8. The summed E-state index contributed by atoms with van der Waals surface area (Å²) in [7, 11) is 0. The van der Waals surface area contributed by atoms with Crippen LogP contribution in [0.2, 0.25) is 0 Å². The number of benzene rings is 3. The van der Waals surface area contributed by atoms with Gasteiger partial charge in [0.1, 0.15) is 18.0 Å². The Morgan fingerprint density at radius 1 is 0.967 bits per heavy atom. The van der Waals surface area contributed by atoms with Crippen molar-refractivity contribution in [3.8, 4) is 5.88 Å². The third-order valence-electron chi connectivity index (χ3n) is 4.54. The van der Waals surface area contributed by atoms with E-state index in [1.54, 1.807) is 36.4 Å². The molecule has 0 spiro atoms. The maximum absolute atomic E-state index is 13.5. The fourth-order valence-electron chi connectivity index (χ4n) is 3.13. The number of nitrogens with zero attached hydrogens (tertiary/aromatic N) is 1. The van der Waals surface area contributed by atoms with Crippen LogP contribution in [0.1, 0.15) is 15.9 Å². The smallest absolute Gasteiger partial charge is 0.294 e. The van der Waals surface area contributed by atoms with Crippen molar-refractivity contribution in [2.45, 2.75) is 6.61 Å². The van der Waals surface area contributed by atoms with E-state index in [1.165, 1.54) is 18.2 Å². The number of pyridine rings is 1. The average Bonchev–Trinajstić information content (AvgIpc) is 2.74. The number of hydrogen-bond acceptors (Lipinski definition) is 4. The highest BCUT2D eigenvalue weighted by Gasteiger charge is 2.23. The predicted octanol–water partition coefficient (Wildman–Crippen LogP) is 3.73. The van der Waals surface area contributed by atoms with Gasteiger partial charge in [0.25, 0.3) is 11.5 Å².